The van der Waals surface area contributed by atoms with Gasteiger partial charge in [0.05, 0.1) is 0 Å². The largest absolute Gasteiger partial charge is 0.618 e. The van der Waals surface area contributed by atoms with Crippen LogP contribution in [-0.4, -0.2) is 14.8 Å². The predicted octanol–water partition coefficient (Wildman–Crippen LogP) is 4.29. The molecule has 2 aromatic rings. The predicted molar refractivity (Wildman–Crippen MR) is 101 cm³/mol. The molecular formula is C21H30N4O. The molecule has 2 heterocycles. The van der Waals surface area contributed by atoms with Crippen LogP contribution in [-0.2, 0) is 12.5 Å². The maximum Gasteiger partial charge on any atom is 0.261 e. The summed E-state index contributed by atoms with van der Waals surface area (Å²) in [5.41, 5.74) is 1.33. The molecule has 3 saturated carbocycles. The number of unbranched alkanes of at least 4 members (excludes halogenated alkanes) is 2. The van der Waals surface area contributed by atoms with Crippen molar-refractivity contribution in [2.45, 2.75) is 76.5 Å². The van der Waals surface area contributed by atoms with E-state index in [1.54, 1.807) is 6.07 Å². The highest BCUT2D eigenvalue weighted by atomic mass is 16.5. The monoisotopic (exact) mass is 354 g/mol. The second kappa shape index (κ2) is 6.67. The van der Waals surface area contributed by atoms with Crippen molar-refractivity contribution >= 4 is 0 Å². The molecule has 5 rings (SSSR count). The molecule has 140 valence electrons. The molecule has 0 saturated heterocycles. The van der Waals surface area contributed by atoms with E-state index in [1.165, 1.54) is 70.4 Å². The van der Waals surface area contributed by atoms with Crippen LogP contribution >= 0.6 is 0 Å². The molecule has 0 spiro atoms. The first-order valence-electron chi connectivity index (χ1n) is 10.2. The van der Waals surface area contributed by atoms with Crippen molar-refractivity contribution < 1.29 is 4.73 Å². The van der Waals surface area contributed by atoms with Crippen molar-refractivity contribution in [3.05, 3.63) is 35.4 Å². The third-order valence-corrected chi connectivity index (χ3v) is 7.11. The zero-order valence-corrected chi connectivity index (χ0v) is 16.1. The third kappa shape index (κ3) is 2.81. The van der Waals surface area contributed by atoms with E-state index >= 15 is 0 Å². The Kier molecular flexibility index (Phi) is 4.49. The fourth-order valence-corrected chi connectivity index (χ4v) is 5.34. The Hall–Kier alpha value is -1.91. The lowest BCUT2D eigenvalue weighted by molar-refractivity contribution is -0.594. The van der Waals surface area contributed by atoms with Gasteiger partial charge < -0.3 is 9.77 Å². The van der Waals surface area contributed by atoms with E-state index < -0.39 is 0 Å². The zero-order chi connectivity index (χ0) is 18.2. The average molecular weight is 354 g/mol. The number of hydrogen-bond donors (Lipinski definition) is 0. The van der Waals surface area contributed by atoms with Gasteiger partial charge in [0.25, 0.3) is 5.69 Å². The van der Waals surface area contributed by atoms with Gasteiger partial charge in [0, 0.05) is 24.6 Å². The second-order valence-electron chi connectivity index (χ2n) is 8.56. The summed E-state index contributed by atoms with van der Waals surface area (Å²) in [5, 5.41) is 21.1. The lowest BCUT2D eigenvalue weighted by atomic mass is 9.52. The minimum atomic E-state index is 0.162. The molecule has 0 aliphatic heterocycles. The zero-order valence-electron chi connectivity index (χ0n) is 16.1. The van der Waals surface area contributed by atoms with Crippen molar-refractivity contribution in [2.24, 2.45) is 12.5 Å². The standard InChI is InChI=1S/C21H30N4O/c1-3-4-6-9-20-10-13-21(14-11-20,15-12-20)19-23-22-18(24(19)2)17-8-5-7-16-25(17)26/h5,7-8,16H,3-4,6,9-15H2,1-2H3. The van der Waals surface area contributed by atoms with Crippen LogP contribution in [0.25, 0.3) is 11.5 Å². The van der Waals surface area contributed by atoms with Gasteiger partial charge in [0.1, 0.15) is 5.82 Å². The number of pyridine rings is 1. The van der Waals surface area contributed by atoms with Gasteiger partial charge in [-0.3, -0.25) is 0 Å². The average Bonchev–Trinajstić information content (AvgIpc) is 3.06. The highest BCUT2D eigenvalue weighted by Crippen LogP contribution is 2.59. The summed E-state index contributed by atoms with van der Waals surface area (Å²) in [4.78, 5) is 0. The van der Waals surface area contributed by atoms with Gasteiger partial charge in [-0.05, 0) is 56.4 Å². The minimum absolute atomic E-state index is 0.162. The molecule has 2 aromatic heterocycles. The highest BCUT2D eigenvalue weighted by molar-refractivity contribution is 5.45. The van der Waals surface area contributed by atoms with E-state index in [-0.39, 0.29) is 5.41 Å². The van der Waals surface area contributed by atoms with Gasteiger partial charge in [-0.2, -0.15) is 4.73 Å². The fraction of sp³-hybridized carbons (Fsp3) is 0.667. The summed E-state index contributed by atoms with van der Waals surface area (Å²) >= 11 is 0. The smallest absolute Gasteiger partial charge is 0.261 e. The summed E-state index contributed by atoms with van der Waals surface area (Å²) < 4.78 is 2.95. The first kappa shape index (κ1) is 17.5. The highest BCUT2D eigenvalue weighted by Gasteiger charge is 2.51. The Balaban J connectivity index is 1.56. The molecule has 2 bridgehead atoms. The van der Waals surface area contributed by atoms with Gasteiger partial charge in [0.2, 0.25) is 5.82 Å². The van der Waals surface area contributed by atoms with E-state index in [0.717, 1.165) is 10.6 Å². The number of hydrogen-bond acceptors (Lipinski definition) is 3. The molecule has 0 atom stereocenters. The van der Waals surface area contributed by atoms with Gasteiger partial charge in [-0.15, -0.1) is 10.2 Å². The molecule has 0 radical (unpaired) electrons. The number of rotatable bonds is 6. The normalized spacial score (nSPS) is 27.8. The Morgan fingerprint density at radius 1 is 1.08 bits per heavy atom. The quantitative estimate of drug-likeness (QED) is 0.442. The Morgan fingerprint density at radius 2 is 1.81 bits per heavy atom. The Labute approximate surface area is 156 Å². The Bertz CT molecular complexity index is 758. The first-order valence-corrected chi connectivity index (χ1v) is 10.2. The topological polar surface area (TPSA) is 57.6 Å². The molecule has 3 aliphatic rings. The summed E-state index contributed by atoms with van der Waals surface area (Å²) in [6, 6.07) is 5.44. The third-order valence-electron chi connectivity index (χ3n) is 7.11. The van der Waals surface area contributed by atoms with Crippen LogP contribution in [0.1, 0.15) is 77.0 Å². The molecule has 0 N–H and O–H groups in total. The van der Waals surface area contributed by atoms with Gasteiger partial charge >= 0.3 is 0 Å². The van der Waals surface area contributed by atoms with Crippen LogP contribution in [0.2, 0.25) is 0 Å². The van der Waals surface area contributed by atoms with Crippen LogP contribution < -0.4 is 4.73 Å². The van der Waals surface area contributed by atoms with Crippen LogP contribution in [0.15, 0.2) is 24.4 Å². The van der Waals surface area contributed by atoms with Gasteiger partial charge in [-0.1, -0.05) is 26.2 Å². The minimum Gasteiger partial charge on any atom is -0.618 e. The molecule has 0 aromatic carbocycles. The lowest BCUT2D eigenvalue weighted by Crippen LogP contribution is -2.45. The summed E-state index contributed by atoms with van der Waals surface area (Å²) in [6.45, 7) is 2.29. The van der Waals surface area contributed by atoms with Gasteiger partial charge in [0.15, 0.2) is 6.20 Å². The summed E-state index contributed by atoms with van der Waals surface area (Å²) in [7, 11) is 2.02. The maximum atomic E-state index is 12.1. The molecule has 3 aliphatic carbocycles. The van der Waals surface area contributed by atoms with Crippen molar-refractivity contribution in [3.63, 3.8) is 0 Å². The van der Waals surface area contributed by atoms with Crippen molar-refractivity contribution in [1.82, 2.24) is 14.8 Å². The van der Waals surface area contributed by atoms with Crippen LogP contribution in [0.5, 0.6) is 0 Å². The Morgan fingerprint density at radius 3 is 2.46 bits per heavy atom. The van der Waals surface area contributed by atoms with E-state index in [1.807, 2.05) is 19.2 Å². The molecular weight excluding hydrogens is 324 g/mol. The molecule has 0 amide bonds. The molecule has 0 unspecified atom stereocenters. The summed E-state index contributed by atoms with van der Waals surface area (Å²) in [6.07, 6.45) is 14.6. The summed E-state index contributed by atoms with van der Waals surface area (Å²) in [5.74, 6) is 1.76. The van der Waals surface area contributed by atoms with E-state index in [2.05, 4.69) is 21.7 Å². The fourth-order valence-electron chi connectivity index (χ4n) is 5.34. The van der Waals surface area contributed by atoms with E-state index in [0.29, 0.717) is 16.9 Å². The number of aromatic nitrogens is 4. The molecule has 5 heteroatoms. The van der Waals surface area contributed by atoms with Crippen molar-refractivity contribution in [2.75, 3.05) is 0 Å². The molecule has 3 fully saturated rings. The van der Waals surface area contributed by atoms with E-state index in [9.17, 15) is 5.21 Å². The van der Waals surface area contributed by atoms with E-state index in [4.69, 9.17) is 0 Å². The first-order chi connectivity index (χ1) is 12.6. The SMILES string of the molecule is CCCCCC12CCC(c3nnc(-c4cccc[n+]4[O-])n3C)(CC1)CC2. The maximum absolute atomic E-state index is 12.1. The van der Waals surface area contributed by atoms with Crippen molar-refractivity contribution in [1.29, 1.82) is 0 Å². The van der Waals surface area contributed by atoms with Crippen LogP contribution in [0, 0.1) is 10.6 Å². The van der Waals surface area contributed by atoms with Crippen molar-refractivity contribution in [3.8, 4) is 11.5 Å². The van der Waals surface area contributed by atoms with Crippen LogP contribution in [0.3, 0.4) is 0 Å². The molecule has 5 nitrogen and oxygen atoms in total. The molecule has 26 heavy (non-hydrogen) atoms. The number of fused-ring (bicyclic) bond motifs is 3. The lowest BCUT2D eigenvalue weighted by Gasteiger charge is -2.53. The number of nitrogens with zero attached hydrogens (tertiary/aromatic N) is 4. The van der Waals surface area contributed by atoms with Crippen LogP contribution in [0.4, 0.5) is 0 Å². The van der Waals surface area contributed by atoms with Gasteiger partial charge in [-0.25, -0.2) is 0 Å². The second-order valence-corrected chi connectivity index (χ2v) is 8.56.